The van der Waals surface area contributed by atoms with Gasteiger partial charge in [0, 0.05) is 16.8 Å². The van der Waals surface area contributed by atoms with Crippen molar-refractivity contribution in [3.8, 4) is 5.75 Å². The predicted octanol–water partition coefficient (Wildman–Crippen LogP) is 6.24. The first kappa shape index (κ1) is 18.5. The van der Waals surface area contributed by atoms with Crippen LogP contribution in [0.2, 0.25) is 10.0 Å². The Labute approximate surface area is 169 Å². The molecule has 3 heterocycles. The molecular weight excluding hydrogens is 383 g/mol. The van der Waals surface area contributed by atoms with Gasteiger partial charge in [-0.1, -0.05) is 23.2 Å². The molecule has 2 aromatic rings. The van der Waals surface area contributed by atoms with Crippen molar-refractivity contribution < 1.29 is 9.53 Å². The topological polar surface area (TPSA) is 32.8 Å². The van der Waals surface area contributed by atoms with Crippen LogP contribution in [0.4, 0.5) is 16.2 Å². The highest BCUT2D eigenvalue weighted by Gasteiger charge is 2.58. The lowest BCUT2D eigenvalue weighted by atomic mass is 9.71. The highest BCUT2D eigenvalue weighted by atomic mass is 35.5. The normalized spacial score (nSPS) is 22.8. The van der Waals surface area contributed by atoms with E-state index >= 15 is 0 Å². The number of carbonyl (C=O) groups excluding carboxylic acids is 1. The summed E-state index contributed by atoms with van der Waals surface area (Å²) < 4.78 is 5.72. The molecule has 0 radical (unpaired) electrons. The molecule has 1 atom stereocenters. The minimum Gasteiger partial charge on any atom is -0.494 e. The van der Waals surface area contributed by atoms with Gasteiger partial charge in [0.15, 0.2) is 0 Å². The van der Waals surface area contributed by atoms with Gasteiger partial charge >= 0.3 is 6.03 Å². The second-order valence-corrected chi connectivity index (χ2v) is 8.74. The van der Waals surface area contributed by atoms with Crippen molar-refractivity contribution in [2.45, 2.75) is 45.2 Å². The van der Waals surface area contributed by atoms with E-state index in [0.29, 0.717) is 16.7 Å². The number of nitrogens with zero attached hydrogens (tertiary/aromatic N) is 2. The fourth-order valence-electron chi connectivity index (χ4n) is 4.63. The number of amides is 2. The number of halogens is 2. The summed E-state index contributed by atoms with van der Waals surface area (Å²) in [6.45, 7) is 8.88. The summed E-state index contributed by atoms with van der Waals surface area (Å²) in [6, 6.07) is 11.3. The fourth-order valence-corrected chi connectivity index (χ4v) is 4.93. The number of hydrogen-bond donors (Lipinski definition) is 0. The van der Waals surface area contributed by atoms with E-state index in [1.165, 1.54) is 0 Å². The fraction of sp³-hybridized carbons (Fsp3) is 0.381. The average Bonchev–Trinajstić information content (AvgIpc) is 2.57. The van der Waals surface area contributed by atoms with Gasteiger partial charge in [0.1, 0.15) is 5.75 Å². The van der Waals surface area contributed by atoms with Crippen molar-refractivity contribution in [2.24, 2.45) is 0 Å². The summed E-state index contributed by atoms with van der Waals surface area (Å²) in [6.07, 6.45) is 0.786. The number of anilines is 2. The highest BCUT2D eigenvalue weighted by Crippen LogP contribution is 2.56. The largest absolute Gasteiger partial charge is 0.494 e. The van der Waals surface area contributed by atoms with Gasteiger partial charge in [-0.3, -0.25) is 9.80 Å². The van der Waals surface area contributed by atoms with Crippen LogP contribution < -0.4 is 14.5 Å². The summed E-state index contributed by atoms with van der Waals surface area (Å²) in [5, 5.41) is 0.907. The van der Waals surface area contributed by atoms with Gasteiger partial charge in [-0.15, -0.1) is 0 Å². The molecule has 5 rings (SSSR count). The minimum absolute atomic E-state index is 0.0520. The smallest absolute Gasteiger partial charge is 0.330 e. The van der Waals surface area contributed by atoms with Gasteiger partial charge in [0.2, 0.25) is 0 Å². The van der Waals surface area contributed by atoms with Crippen LogP contribution in [0.15, 0.2) is 36.4 Å². The van der Waals surface area contributed by atoms with Gasteiger partial charge < -0.3 is 4.74 Å². The molecule has 2 aromatic carbocycles. The molecule has 0 unspecified atom stereocenters. The van der Waals surface area contributed by atoms with Crippen LogP contribution in [-0.4, -0.2) is 18.2 Å². The molecule has 4 nitrogen and oxygen atoms in total. The van der Waals surface area contributed by atoms with Crippen LogP contribution >= 0.6 is 23.2 Å². The summed E-state index contributed by atoms with van der Waals surface area (Å²) >= 11 is 12.3. The lowest BCUT2D eigenvalue weighted by Crippen LogP contribution is -2.71. The van der Waals surface area contributed by atoms with Gasteiger partial charge in [-0.25, -0.2) is 4.79 Å². The van der Waals surface area contributed by atoms with Crippen molar-refractivity contribution in [1.29, 1.82) is 0 Å². The summed E-state index contributed by atoms with van der Waals surface area (Å²) in [4.78, 5) is 17.2. The maximum Gasteiger partial charge on any atom is 0.330 e. The molecule has 0 spiro atoms. The van der Waals surface area contributed by atoms with Crippen molar-refractivity contribution in [1.82, 2.24) is 0 Å². The van der Waals surface area contributed by atoms with E-state index in [9.17, 15) is 4.79 Å². The SMILES string of the molecule is CCOc1ccc2c(c1)[C@@]1(C)CC(C)(C)N2C(=O)N1c1ccc(Cl)c(Cl)c1. The molecule has 3 aliphatic rings. The third-order valence-corrected chi connectivity index (χ3v) is 6.26. The first-order valence-corrected chi connectivity index (χ1v) is 9.81. The van der Waals surface area contributed by atoms with E-state index in [0.717, 1.165) is 29.1 Å². The van der Waals surface area contributed by atoms with Crippen LogP contribution in [0.1, 0.15) is 39.7 Å². The average molecular weight is 405 g/mol. The molecule has 0 N–H and O–H groups in total. The van der Waals surface area contributed by atoms with Crippen LogP contribution in [0.3, 0.4) is 0 Å². The monoisotopic (exact) mass is 404 g/mol. The van der Waals surface area contributed by atoms with Crippen molar-refractivity contribution in [3.05, 3.63) is 52.0 Å². The minimum atomic E-state index is -0.519. The Morgan fingerprint density at radius 3 is 2.44 bits per heavy atom. The molecule has 1 fully saturated rings. The summed E-state index contributed by atoms with van der Waals surface area (Å²) in [7, 11) is 0. The molecule has 142 valence electrons. The highest BCUT2D eigenvalue weighted by molar-refractivity contribution is 6.42. The van der Waals surface area contributed by atoms with Gasteiger partial charge in [0.25, 0.3) is 0 Å². The third kappa shape index (κ3) is 2.61. The Hall–Kier alpha value is -1.91. The molecular formula is C21H22Cl2N2O2. The first-order chi connectivity index (χ1) is 12.7. The molecule has 0 saturated carbocycles. The zero-order chi connectivity index (χ0) is 19.6. The molecule has 27 heavy (non-hydrogen) atoms. The third-order valence-electron chi connectivity index (χ3n) is 5.52. The number of urea groups is 1. The van der Waals surface area contributed by atoms with Gasteiger partial charge in [0.05, 0.1) is 27.9 Å². The van der Waals surface area contributed by atoms with Crippen LogP contribution in [0.5, 0.6) is 5.75 Å². The maximum atomic E-state index is 13.5. The van der Waals surface area contributed by atoms with Crippen LogP contribution in [-0.2, 0) is 5.54 Å². The van der Waals surface area contributed by atoms with E-state index in [4.69, 9.17) is 27.9 Å². The van der Waals surface area contributed by atoms with E-state index in [1.54, 1.807) is 12.1 Å². The number of fused-ring (bicyclic) bond motifs is 2. The second-order valence-electron chi connectivity index (χ2n) is 7.93. The Morgan fingerprint density at radius 1 is 1.04 bits per heavy atom. The van der Waals surface area contributed by atoms with Crippen molar-refractivity contribution >= 4 is 40.6 Å². The zero-order valence-electron chi connectivity index (χ0n) is 15.8. The van der Waals surface area contributed by atoms with Gasteiger partial charge in [-0.05, 0) is 70.5 Å². The molecule has 0 aromatic heterocycles. The van der Waals surface area contributed by atoms with Gasteiger partial charge in [-0.2, -0.15) is 0 Å². The quantitative estimate of drug-likeness (QED) is 0.606. The summed E-state index contributed by atoms with van der Waals surface area (Å²) in [5.74, 6) is 0.811. The van der Waals surface area contributed by atoms with E-state index < -0.39 is 5.54 Å². The Bertz CT molecular complexity index is 944. The Morgan fingerprint density at radius 2 is 1.78 bits per heavy atom. The predicted molar refractivity (Wildman–Crippen MR) is 110 cm³/mol. The lowest BCUT2D eigenvalue weighted by Gasteiger charge is -2.61. The molecule has 1 saturated heterocycles. The van der Waals surface area contributed by atoms with Crippen molar-refractivity contribution in [2.75, 3.05) is 16.4 Å². The zero-order valence-corrected chi connectivity index (χ0v) is 17.4. The molecule has 0 aliphatic carbocycles. The molecule has 2 amide bonds. The number of ether oxygens (including phenoxy) is 1. The van der Waals surface area contributed by atoms with E-state index in [2.05, 4.69) is 26.8 Å². The number of benzene rings is 2. The number of carbonyl (C=O) groups is 1. The molecule has 6 heteroatoms. The first-order valence-electron chi connectivity index (χ1n) is 9.06. The van der Waals surface area contributed by atoms with E-state index in [1.807, 2.05) is 34.9 Å². The van der Waals surface area contributed by atoms with E-state index in [-0.39, 0.29) is 11.6 Å². The second kappa shape index (κ2) is 6.05. The Kier molecular flexibility index (Phi) is 4.13. The van der Waals surface area contributed by atoms with Crippen LogP contribution in [0.25, 0.3) is 0 Å². The van der Waals surface area contributed by atoms with Crippen LogP contribution in [0, 0.1) is 0 Å². The Balaban J connectivity index is 1.93. The maximum absolute atomic E-state index is 13.5. The molecule has 3 aliphatic heterocycles. The van der Waals surface area contributed by atoms with Crippen molar-refractivity contribution in [3.63, 3.8) is 0 Å². The molecule has 2 bridgehead atoms. The lowest BCUT2D eigenvalue weighted by molar-refractivity contribution is 0.199. The summed E-state index contributed by atoms with van der Waals surface area (Å²) in [5.41, 5.74) is 1.95. The number of hydrogen-bond acceptors (Lipinski definition) is 2. The number of rotatable bonds is 3. The standard InChI is InChI=1S/C21H22Cl2N2O2/c1-5-27-14-7-9-18-15(11-14)21(4)12-20(2,3)25(18)19(26)24(21)13-6-8-16(22)17(23)10-13/h6-11H,5,12H2,1-4H3/t21-/m1/s1.